The van der Waals surface area contributed by atoms with Gasteiger partial charge in [-0.1, -0.05) is 32.4 Å². The average Bonchev–Trinajstić information content (AvgIpc) is 3.54. The number of ether oxygens (including phenoxy) is 2. The third-order valence-corrected chi connectivity index (χ3v) is 14.8. The van der Waals surface area contributed by atoms with Gasteiger partial charge in [0.05, 0.1) is 35.5 Å². The number of methoxy groups -OCH3 is 1. The van der Waals surface area contributed by atoms with Crippen molar-refractivity contribution in [2.45, 2.75) is 96.9 Å². The monoisotopic (exact) mass is 643 g/mol. The van der Waals surface area contributed by atoms with Gasteiger partial charge in [-0.25, -0.2) is 4.79 Å². The molecule has 3 aromatic rings. The first-order valence-electron chi connectivity index (χ1n) is 15.2. The lowest BCUT2D eigenvalue weighted by Crippen LogP contribution is -2.47. The first-order chi connectivity index (χ1) is 20.1. The molecule has 10 heteroatoms. The van der Waals surface area contributed by atoms with E-state index in [1.165, 1.54) is 16.1 Å². The summed E-state index contributed by atoms with van der Waals surface area (Å²) in [5.41, 5.74) is 5.03. The molecule has 0 spiro atoms. The SMILES string of the molecule is COC1CN(C(=O)OC(C)(C)C)CC1N1CCCc2cc(Cl)cc(-c3ccnc4cc(CO[Si](C)(C)C(C)(C)C)sc34)c21. The molecule has 7 nitrogen and oxygen atoms in total. The number of benzene rings is 1. The molecule has 2 unspecified atom stereocenters. The molecule has 2 aliphatic rings. The van der Waals surface area contributed by atoms with E-state index in [0.717, 1.165) is 45.8 Å². The molecule has 4 heterocycles. The van der Waals surface area contributed by atoms with E-state index < -0.39 is 13.9 Å². The Hall–Kier alpha value is -2.17. The number of anilines is 1. The fraction of sp³-hybridized carbons (Fsp3) is 0.576. The fourth-order valence-electron chi connectivity index (χ4n) is 5.78. The van der Waals surface area contributed by atoms with Gasteiger partial charge in [-0.2, -0.15) is 0 Å². The molecular weight excluding hydrogens is 598 g/mol. The van der Waals surface area contributed by atoms with Gasteiger partial charge in [0.25, 0.3) is 0 Å². The van der Waals surface area contributed by atoms with Crippen LogP contribution < -0.4 is 4.90 Å². The van der Waals surface area contributed by atoms with E-state index >= 15 is 0 Å². The number of halogens is 1. The number of aryl methyl sites for hydroxylation is 1. The minimum Gasteiger partial charge on any atom is -0.444 e. The molecule has 0 saturated carbocycles. The molecule has 43 heavy (non-hydrogen) atoms. The van der Waals surface area contributed by atoms with Crippen molar-refractivity contribution in [2.75, 3.05) is 31.6 Å². The summed E-state index contributed by atoms with van der Waals surface area (Å²) < 4.78 is 19.4. The zero-order valence-corrected chi connectivity index (χ0v) is 29.6. The Labute approximate surface area is 266 Å². The van der Waals surface area contributed by atoms with E-state index in [0.29, 0.717) is 19.7 Å². The molecule has 1 saturated heterocycles. The molecule has 2 aliphatic heterocycles. The summed E-state index contributed by atoms with van der Waals surface area (Å²) in [7, 11) is -0.158. The predicted molar refractivity (Wildman–Crippen MR) is 180 cm³/mol. The summed E-state index contributed by atoms with van der Waals surface area (Å²) in [5.74, 6) is 0. The van der Waals surface area contributed by atoms with Crippen LogP contribution >= 0.6 is 22.9 Å². The number of rotatable bonds is 6. The van der Waals surface area contributed by atoms with Crippen LogP contribution in [-0.4, -0.2) is 68.8 Å². The number of amides is 1. The van der Waals surface area contributed by atoms with E-state index in [2.05, 4.69) is 63.0 Å². The fourth-order valence-corrected chi connectivity index (χ4v) is 8.13. The second kappa shape index (κ2) is 12.0. The van der Waals surface area contributed by atoms with E-state index in [1.54, 1.807) is 23.3 Å². The van der Waals surface area contributed by atoms with Gasteiger partial charge in [0.1, 0.15) is 5.60 Å². The smallest absolute Gasteiger partial charge is 0.410 e. The van der Waals surface area contributed by atoms with E-state index in [-0.39, 0.29) is 23.3 Å². The van der Waals surface area contributed by atoms with Crippen LogP contribution in [0.4, 0.5) is 10.5 Å². The molecule has 2 aromatic heterocycles. The zero-order valence-electron chi connectivity index (χ0n) is 27.0. The number of aromatic nitrogens is 1. The Morgan fingerprint density at radius 1 is 1.12 bits per heavy atom. The van der Waals surface area contributed by atoms with Gasteiger partial charge in [0, 0.05) is 53.1 Å². The van der Waals surface area contributed by atoms with Crippen LogP contribution in [0, 0.1) is 0 Å². The number of nitrogens with zero attached hydrogens (tertiary/aromatic N) is 3. The largest absolute Gasteiger partial charge is 0.444 e. The topological polar surface area (TPSA) is 64.1 Å². The van der Waals surface area contributed by atoms with Crippen molar-refractivity contribution in [3.63, 3.8) is 0 Å². The van der Waals surface area contributed by atoms with Crippen molar-refractivity contribution >= 4 is 53.3 Å². The Bertz CT molecular complexity index is 1500. The van der Waals surface area contributed by atoms with Gasteiger partial charge in [0.15, 0.2) is 8.32 Å². The van der Waals surface area contributed by atoms with Crippen molar-refractivity contribution in [1.82, 2.24) is 9.88 Å². The average molecular weight is 644 g/mol. The molecule has 0 bridgehead atoms. The lowest BCUT2D eigenvalue weighted by Gasteiger charge is -2.39. The van der Waals surface area contributed by atoms with Gasteiger partial charge in [0.2, 0.25) is 0 Å². The summed E-state index contributed by atoms with van der Waals surface area (Å²) in [4.78, 5) is 23.2. The van der Waals surface area contributed by atoms with Crippen LogP contribution in [0.2, 0.25) is 23.2 Å². The Morgan fingerprint density at radius 2 is 1.86 bits per heavy atom. The summed E-state index contributed by atoms with van der Waals surface area (Å²) in [6.45, 7) is 19.6. The first-order valence-corrected chi connectivity index (χ1v) is 19.3. The standard InChI is InChI=1S/C33H46ClN3O4SSi/c1-32(2,3)41-31(38)36-18-27(28(19-36)39-7)37-14-10-11-21-15-22(34)16-25(29(21)37)24-12-13-35-26-17-23(42-30(24)26)20-40-43(8,9)33(4,5)6/h12-13,15-17,27-28H,10-11,14,18-20H2,1-9H3. The second-order valence-electron chi connectivity index (χ2n) is 14.3. The number of thiophene rings is 1. The van der Waals surface area contributed by atoms with Crippen molar-refractivity contribution in [3.8, 4) is 11.1 Å². The summed E-state index contributed by atoms with van der Waals surface area (Å²) in [6.07, 6.45) is 3.41. The predicted octanol–water partition coefficient (Wildman–Crippen LogP) is 8.53. The van der Waals surface area contributed by atoms with Crippen molar-refractivity contribution in [3.05, 3.63) is 45.9 Å². The number of carbonyl (C=O) groups is 1. The lowest BCUT2D eigenvalue weighted by atomic mass is 9.92. The minimum atomic E-state index is -1.89. The third-order valence-electron chi connectivity index (χ3n) is 9.01. The van der Waals surface area contributed by atoms with E-state index in [4.69, 9.17) is 30.5 Å². The summed E-state index contributed by atoms with van der Waals surface area (Å²) in [6, 6.07) is 8.44. The van der Waals surface area contributed by atoms with Crippen LogP contribution in [0.15, 0.2) is 30.5 Å². The van der Waals surface area contributed by atoms with Crippen LogP contribution in [-0.2, 0) is 26.9 Å². The van der Waals surface area contributed by atoms with E-state index in [9.17, 15) is 4.79 Å². The maximum atomic E-state index is 13.0. The minimum absolute atomic E-state index is 0.00860. The van der Waals surface area contributed by atoms with Gasteiger partial charge >= 0.3 is 6.09 Å². The Balaban J connectivity index is 1.52. The van der Waals surface area contributed by atoms with Crippen LogP contribution in [0.3, 0.4) is 0 Å². The molecule has 2 atom stereocenters. The second-order valence-corrected chi connectivity index (χ2v) is 20.7. The number of pyridine rings is 1. The molecule has 0 radical (unpaired) electrons. The molecule has 1 aromatic carbocycles. The highest BCUT2D eigenvalue weighted by atomic mass is 35.5. The van der Waals surface area contributed by atoms with Crippen LogP contribution in [0.25, 0.3) is 21.3 Å². The molecule has 234 valence electrons. The van der Waals surface area contributed by atoms with Gasteiger partial charge in [-0.3, -0.25) is 4.98 Å². The zero-order chi connectivity index (χ0) is 31.3. The number of carbonyl (C=O) groups excluding carboxylic acids is 1. The van der Waals surface area contributed by atoms with Gasteiger partial charge in [-0.05, 0) is 81.6 Å². The highest BCUT2D eigenvalue weighted by Gasteiger charge is 2.42. The number of fused-ring (bicyclic) bond motifs is 2. The molecule has 0 aliphatic carbocycles. The summed E-state index contributed by atoms with van der Waals surface area (Å²) >= 11 is 8.53. The lowest BCUT2D eigenvalue weighted by molar-refractivity contribution is 0.0252. The number of hydrogen-bond donors (Lipinski definition) is 0. The van der Waals surface area contributed by atoms with Gasteiger partial charge < -0.3 is 23.7 Å². The molecule has 0 N–H and O–H groups in total. The maximum absolute atomic E-state index is 13.0. The maximum Gasteiger partial charge on any atom is 0.410 e. The van der Waals surface area contributed by atoms with E-state index in [1.807, 2.05) is 27.0 Å². The summed E-state index contributed by atoms with van der Waals surface area (Å²) in [5, 5.41) is 0.874. The quantitative estimate of drug-likeness (QED) is 0.251. The number of hydrogen-bond acceptors (Lipinski definition) is 7. The highest BCUT2D eigenvalue weighted by molar-refractivity contribution is 7.19. The van der Waals surface area contributed by atoms with Crippen LogP contribution in [0.1, 0.15) is 58.4 Å². The van der Waals surface area contributed by atoms with Crippen LogP contribution in [0.5, 0.6) is 0 Å². The molecule has 1 amide bonds. The third kappa shape index (κ3) is 6.76. The Morgan fingerprint density at radius 3 is 2.53 bits per heavy atom. The van der Waals surface area contributed by atoms with Gasteiger partial charge in [-0.15, -0.1) is 11.3 Å². The molecular formula is C33H46ClN3O4SSi. The Kier molecular flexibility index (Phi) is 8.97. The van der Waals surface area contributed by atoms with Crippen molar-refractivity contribution < 1.29 is 18.7 Å². The highest BCUT2D eigenvalue weighted by Crippen LogP contribution is 2.45. The first kappa shape index (κ1) is 32.2. The van der Waals surface area contributed by atoms with Crippen molar-refractivity contribution in [1.29, 1.82) is 0 Å². The van der Waals surface area contributed by atoms with Crippen molar-refractivity contribution in [2.24, 2.45) is 0 Å². The molecule has 1 fully saturated rings. The number of likely N-dealkylation sites (tertiary alicyclic amines) is 1. The molecule has 5 rings (SSSR count). The normalized spacial score (nSPS) is 19.7.